The highest BCUT2D eigenvalue weighted by atomic mass is 15.2. The van der Waals surface area contributed by atoms with Crippen molar-refractivity contribution in [2.45, 2.75) is 102 Å². The quantitative estimate of drug-likeness (QED) is 0.691. The molecule has 1 N–H and O–H groups in total. The maximum absolute atomic E-state index is 3.66. The van der Waals surface area contributed by atoms with Crippen LogP contribution in [-0.4, -0.2) is 37.1 Å². The third-order valence-corrected chi connectivity index (χ3v) is 12.0. The average molecular weight is 373 g/mol. The van der Waals surface area contributed by atoms with Gasteiger partial charge in [0.05, 0.1) is 0 Å². The molecule has 0 aromatic rings. The lowest BCUT2D eigenvalue weighted by molar-refractivity contribution is -0.0931. The van der Waals surface area contributed by atoms with E-state index in [2.05, 4.69) is 45.2 Å². The molecule has 0 aromatic carbocycles. The third kappa shape index (κ3) is 2.06. The molecular formula is C25H44N2. The molecule has 6 unspecified atom stereocenters. The average Bonchev–Trinajstić information content (AvgIpc) is 3.30. The molecule has 6 rings (SSSR count). The van der Waals surface area contributed by atoms with Gasteiger partial charge < -0.3 is 10.2 Å². The Morgan fingerprint density at radius 1 is 0.704 bits per heavy atom. The van der Waals surface area contributed by atoms with E-state index >= 15 is 0 Å². The van der Waals surface area contributed by atoms with E-state index in [1.807, 2.05) is 0 Å². The van der Waals surface area contributed by atoms with Crippen molar-refractivity contribution < 1.29 is 0 Å². The van der Waals surface area contributed by atoms with Gasteiger partial charge in [0.25, 0.3) is 0 Å². The highest BCUT2D eigenvalue weighted by Gasteiger charge is 2.68. The zero-order valence-electron chi connectivity index (χ0n) is 18.7. The molecule has 27 heavy (non-hydrogen) atoms. The van der Waals surface area contributed by atoms with Gasteiger partial charge in [-0.15, -0.1) is 0 Å². The van der Waals surface area contributed by atoms with Gasteiger partial charge in [-0.3, -0.25) is 0 Å². The summed E-state index contributed by atoms with van der Waals surface area (Å²) in [5, 5.41) is 3.66. The Morgan fingerprint density at radius 3 is 1.59 bits per heavy atom. The fraction of sp³-hybridized carbons (Fsp3) is 1.00. The van der Waals surface area contributed by atoms with E-state index in [1.165, 1.54) is 77.0 Å². The number of rotatable bonds is 2. The predicted octanol–water partition coefficient (Wildman–Crippen LogP) is 5.47. The third-order valence-electron chi connectivity index (χ3n) is 12.0. The van der Waals surface area contributed by atoms with Crippen molar-refractivity contribution >= 4 is 0 Å². The lowest BCUT2D eigenvalue weighted by Crippen LogP contribution is -2.61. The van der Waals surface area contributed by atoms with Gasteiger partial charge in [0, 0.05) is 11.1 Å². The summed E-state index contributed by atoms with van der Waals surface area (Å²) in [6.07, 6.45) is 18.1. The molecule has 6 fully saturated rings. The molecule has 0 amide bonds. The molecule has 0 saturated heterocycles. The summed E-state index contributed by atoms with van der Waals surface area (Å²) >= 11 is 0. The van der Waals surface area contributed by atoms with Crippen LogP contribution >= 0.6 is 0 Å². The zero-order chi connectivity index (χ0) is 19.1. The number of fused-ring (bicyclic) bond motifs is 6. The molecule has 6 atom stereocenters. The Hall–Kier alpha value is -0.0800. The van der Waals surface area contributed by atoms with Gasteiger partial charge in [0.15, 0.2) is 0 Å². The highest BCUT2D eigenvalue weighted by Crippen LogP contribution is 2.71. The van der Waals surface area contributed by atoms with E-state index in [0.717, 1.165) is 34.5 Å². The van der Waals surface area contributed by atoms with Crippen LogP contribution in [0.3, 0.4) is 0 Å². The summed E-state index contributed by atoms with van der Waals surface area (Å²) in [7, 11) is 6.79. The molecular weight excluding hydrogens is 328 g/mol. The Labute approximate surface area is 168 Å². The van der Waals surface area contributed by atoms with Crippen LogP contribution in [0.15, 0.2) is 0 Å². The summed E-state index contributed by atoms with van der Waals surface area (Å²) < 4.78 is 0. The van der Waals surface area contributed by atoms with E-state index in [-0.39, 0.29) is 0 Å². The molecule has 6 aliphatic rings. The SMILES string of the molecule is CN(C)C1(C)C2CCC(C2)C12CCC2.CNC1(C)C2CCC(C2)C12CCC2. The first kappa shape index (κ1) is 18.9. The number of nitrogens with zero attached hydrogens (tertiary/aromatic N) is 1. The van der Waals surface area contributed by atoms with Crippen LogP contribution in [0, 0.1) is 34.5 Å². The minimum absolute atomic E-state index is 0.494. The zero-order valence-corrected chi connectivity index (χ0v) is 18.7. The number of hydrogen-bond donors (Lipinski definition) is 1. The maximum Gasteiger partial charge on any atom is 0.0262 e. The molecule has 0 radical (unpaired) electrons. The van der Waals surface area contributed by atoms with Gasteiger partial charge in [-0.1, -0.05) is 12.8 Å². The lowest BCUT2D eigenvalue weighted by Gasteiger charge is -2.60. The Kier molecular flexibility index (Phi) is 4.18. The van der Waals surface area contributed by atoms with Crippen molar-refractivity contribution in [3.05, 3.63) is 0 Å². The fourth-order valence-corrected chi connectivity index (χ4v) is 9.87. The Bertz CT molecular complexity index is 574. The molecule has 154 valence electrons. The van der Waals surface area contributed by atoms with Crippen molar-refractivity contribution in [1.82, 2.24) is 10.2 Å². The molecule has 6 aliphatic carbocycles. The van der Waals surface area contributed by atoms with Gasteiger partial charge in [-0.2, -0.15) is 0 Å². The standard InChI is InChI=1S/C13H23N.C12H21N/c1-12(14(2)3)10-5-6-11(9-10)13(12)7-4-8-13;1-11(13-2)9-4-5-10(8-9)12(11)6-3-7-12/h10-11H,4-9H2,1-3H3;9-10,13H,3-8H2,1-2H3. The van der Waals surface area contributed by atoms with Crippen molar-refractivity contribution in [3.8, 4) is 0 Å². The van der Waals surface area contributed by atoms with E-state index in [1.54, 1.807) is 0 Å². The first-order valence-corrected chi connectivity index (χ1v) is 12.2. The second kappa shape index (κ2) is 5.97. The lowest BCUT2D eigenvalue weighted by atomic mass is 9.51. The fourth-order valence-electron chi connectivity index (χ4n) is 9.87. The van der Waals surface area contributed by atoms with Crippen molar-refractivity contribution in [1.29, 1.82) is 0 Å². The largest absolute Gasteiger partial charge is 0.314 e. The van der Waals surface area contributed by atoms with Gasteiger partial charge in [0.1, 0.15) is 0 Å². The molecule has 0 aliphatic heterocycles. The van der Waals surface area contributed by atoms with Crippen LogP contribution in [0.1, 0.15) is 90.9 Å². The van der Waals surface area contributed by atoms with E-state index in [0.29, 0.717) is 11.1 Å². The Morgan fingerprint density at radius 2 is 1.19 bits per heavy atom. The number of hydrogen-bond acceptors (Lipinski definition) is 2. The van der Waals surface area contributed by atoms with Crippen molar-refractivity contribution in [2.75, 3.05) is 21.1 Å². The minimum atomic E-state index is 0.494. The van der Waals surface area contributed by atoms with Crippen LogP contribution < -0.4 is 5.32 Å². The first-order chi connectivity index (χ1) is 12.8. The molecule has 2 nitrogen and oxygen atoms in total. The van der Waals surface area contributed by atoms with E-state index < -0.39 is 0 Å². The van der Waals surface area contributed by atoms with Crippen molar-refractivity contribution in [3.63, 3.8) is 0 Å². The monoisotopic (exact) mass is 372 g/mol. The molecule has 2 spiro atoms. The van der Waals surface area contributed by atoms with Crippen LogP contribution in [0.5, 0.6) is 0 Å². The smallest absolute Gasteiger partial charge is 0.0262 e. The topological polar surface area (TPSA) is 15.3 Å². The van der Waals surface area contributed by atoms with Crippen LogP contribution in [0.4, 0.5) is 0 Å². The minimum Gasteiger partial charge on any atom is -0.314 e. The van der Waals surface area contributed by atoms with Gasteiger partial charge in [-0.25, -0.2) is 0 Å². The molecule has 0 aromatic heterocycles. The Balaban J connectivity index is 0.000000119. The number of nitrogens with one attached hydrogen (secondary N) is 1. The normalized spacial score (nSPS) is 50.0. The summed E-state index contributed by atoms with van der Waals surface area (Å²) in [5.74, 6) is 4.14. The van der Waals surface area contributed by atoms with Crippen LogP contribution in [-0.2, 0) is 0 Å². The second-order valence-corrected chi connectivity index (χ2v) is 11.9. The summed E-state index contributed by atoms with van der Waals surface area (Å²) in [6, 6.07) is 0. The summed E-state index contributed by atoms with van der Waals surface area (Å²) in [4.78, 5) is 2.55. The highest BCUT2D eigenvalue weighted by molar-refractivity contribution is 5.21. The summed E-state index contributed by atoms with van der Waals surface area (Å²) in [6.45, 7) is 5.05. The summed E-state index contributed by atoms with van der Waals surface area (Å²) in [5.41, 5.74) is 2.49. The van der Waals surface area contributed by atoms with Crippen molar-refractivity contribution in [2.24, 2.45) is 34.5 Å². The first-order valence-electron chi connectivity index (χ1n) is 12.2. The molecule has 0 heterocycles. The molecule has 2 heteroatoms. The van der Waals surface area contributed by atoms with Gasteiger partial charge >= 0.3 is 0 Å². The molecule has 4 bridgehead atoms. The molecule has 6 saturated carbocycles. The maximum atomic E-state index is 3.66. The van der Waals surface area contributed by atoms with E-state index in [4.69, 9.17) is 0 Å². The second-order valence-electron chi connectivity index (χ2n) is 11.9. The van der Waals surface area contributed by atoms with Crippen LogP contribution in [0.25, 0.3) is 0 Å². The van der Waals surface area contributed by atoms with Gasteiger partial charge in [0.2, 0.25) is 0 Å². The van der Waals surface area contributed by atoms with Crippen LogP contribution in [0.2, 0.25) is 0 Å². The van der Waals surface area contributed by atoms with E-state index in [9.17, 15) is 0 Å². The van der Waals surface area contributed by atoms with Gasteiger partial charge in [-0.05, 0) is 134 Å². The predicted molar refractivity (Wildman–Crippen MR) is 114 cm³/mol.